The predicted molar refractivity (Wildman–Crippen MR) is 77.1 cm³/mol. The molecule has 0 spiro atoms. The second-order valence-corrected chi connectivity index (χ2v) is 8.38. The van der Waals surface area contributed by atoms with Crippen LogP contribution in [0, 0.1) is 0 Å². The van der Waals surface area contributed by atoms with Gasteiger partial charge >= 0.3 is 23.3 Å². The minimum absolute atomic E-state index is 0.0547. The van der Waals surface area contributed by atoms with Crippen molar-refractivity contribution in [1.82, 2.24) is 4.31 Å². The van der Waals surface area contributed by atoms with Crippen LogP contribution in [0.2, 0.25) is 0 Å². The average Bonchev–Trinajstić information content (AvgIpc) is 2.54. The lowest BCUT2D eigenvalue weighted by Gasteiger charge is -2.45. The van der Waals surface area contributed by atoms with E-state index in [1.54, 1.807) is 6.92 Å². The highest BCUT2D eigenvalue weighted by atomic mass is 32.2. The molecule has 0 aliphatic carbocycles. The van der Waals surface area contributed by atoms with Crippen LogP contribution < -0.4 is 0 Å². The molecule has 1 heterocycles. The SMILES string of the molecule is CCC[N+]1(CC)CCN(S(=O)(=O)C(F)(F)C(F)(F)C(F)(F)C(F)(F)F)CC1. The first-order valence-electron chi connectivity index (χ1n) is 7.98. The second-order valence-electron chi connectivity index (χ2n) is 6.40. The van der Waals surface area contributed by atoms with Gasteiger partial charge in [0.2, 0.25) is 0 Å². The lowest BCUT2D eigenvalue weighted by molar-refractivity contribution is -0.929. The van der Waals surface area contributed by atoms with E-state index < -0.39 is 46.4 Å². The molecule has 1 rings (SSSR count). The maximum absolute atomic E-state index is 13.8. The van der Waals surface area contributed by atoms with E-state index in [4.69, 9.17) is 0 Å². The van der Waals surface area contributed by atoms with Gasteiger partial charge in [-0.15, -0.1) is 0 Å². The highest BCUT2D eigenvalue weighted by Gasteiger charge is 2.85. The number of quaternary nitrogens is 1. The van der Waals surface area contributed by atoms with Crippen LogP contribution >= 0.6 is 0 Å². The maximum Gasteiger partial charge on any atom is 0.460 e. The molecular weight excluding hydrogens is 419 g/mol. The Morgan fingerprint density at radius 2 is 1.30 bits per heavy atom. The molecule has 1 fully saturated rings. The van der Waals surface area contributed by atoms with E-state index in [1.807, 2.05) is 6.92 Å². The van der Waals surface area contributed by atoms with E-state index in [0.717, 1.165) is 0 Å². The highest BCUT2D eigenvalue weighted by molar-refractivity contribution is 7.90. The van der Waals surface area contributed by atoms with Gasteiger partial charge < -0.3 is 4.48 Å². The number of likely N-dealkylation sites (N-methyl/N-ethyl adjacent to an activating group) is 1. The van der Waals surface area contributed by atoms with Crippen molar-refractivity contribution in [2.24, 2.45) is 0 Å². The van der Waals surface area contributed by atoms with Gasteiger partial charge in [-0.1, -0.05) is 6.92 Å². The van der Waals surface area contributed by atoms with Gasteiger partial charge in [-0.25, -0.2) is 8.42 Å². The summed E-state index contributed by atoms with van der Waals surface area (Å²) in [6, 6.07) is 0. The van der Waals surface area contributed by atoms with Crippen LogP contribution in [-0.2, 0) is 10.0 Å². The lowest BCUT2D eigenvalue weighted by atomic mass is 10.1. The first-order chi connectivity index (χ1) is 11.9. The molecule has 0 atom stereocenters. The maximum atomic E-state index is 13.8. The summed E-state index contributed by atoms with van der Waals surface area (Å²) in [6.07, 6.45) is -6.40. The Bertz CT molecular complexity index is 626. The summed E-state index contributed by atoms with van der Waals surface area (Å²) in [7, 11) is -6.48. The number of halogens is 9. The minimum Gasteiger partial charge on any atom is -0.322 e. The summed E-state index contributed by atoms with van der Waals surface area (Å²) in [6.45, 7) is 3.09. The van der Waals surface area contributed by atoms with Crippen LogP contribution in [0.4, 0.5) is 39.5 Å². The first-order valence-corrected chi connectivity index (χ1v) is 9.42. The van der Waals surface area contributed by atoms with Crippen molar-refractivity contribution >= 4 is 10.0 Å². The number of nitrogens with zero attached hydrogens (tertiary/aromatic N) is 2. The van der Waals surface area contributed by atoms with Crippen molar-refractivity contribution in [1.29, 1.82) is 0 Å². The Balaban J connectivity index is 3.20. The van der Waals surface area contributed by atoms with Gasteiger partial charge in [0, 0.05) is 0 Å². The summed E-state index contributed by atoms with van der Waals surface area (Å²) < 4.78 is 141. The Hall–Kier alpha value is -0.760. The zero-order chi connectivity index (χ0) is 21.5. The fraction of sp³-hybridized carbons (Fsp3) is 1.00. The number of alkyl halides is 9. The normalized spacial score (nSPS) is 20.7. The van der Waals surface area contributed by atoms with Crippen LogP contribution in [0.25, 0.3) is 0 Å². The Kier molecular flexibility index (Phi) is 6.52. The van der Waals surface area contributed by atoms with Gasteiger partial charge in [0.1, 0.15) is 0 Å². The van der Waals surface area contributed by atoms with Gasteiger partial charge in [-0.3, -0.25) is 0 Å². The molecule has 1 aliphatic rings. The zero-order valence-electron chi connectivity index (χ0n) is 14.5. The van der Waals surface area contributed by atoms with Gasteiger partial charge in [-0.05, 0) is 13.3 Å². The summed E-state index contributed by atoms with van der Waals surface area (Å²) in [5, 5.41) is -6.65. The predicted octanol–water partition coefficient (Wildman–Crippen LogP) is 3.30. The molecule has 14 heteroatoms. The van der Waals surface area contributed by atoms with Crippen LogP contribution in [0.3, 0.4) is 0 Å². The van der Waals surface area contributed by atoms with E-state index in [9.17, 15) is 47.9 Å². The molecule has 0 N–H and O–H groups in total. The number of hydrogen-bond donors (Lipinski definition) is 0. The van der Waals surface area contributed by atoms with Crippen LogP contribution in [0.1, 0.15) is 20.3 Å². The molecule has 0 bridgehead atoms. The first kappa shape index (κ1) is 24.3. The number of hydrogen-bond acceptors (Lipinski definition) is 2. The summed E-state index contributed by atoms with van der Waals surface area (Å²) in [5.74, 6) is -14.4. The van der Waals surface area contributed by atoms with E-state index in [-0.39, 0.29) is 17.4 Å². The zero-order valence-corrected chi connectivity index (χ0v) is 15.3. The van der Waals surface area contributed by atoms with Gasteiger partial charge in [0.05, 0.1) is 39.3 Å². The third kappa shape index (κ3) is 3.76. The third-order valence-corrected chi connectivity index (χ3v) is 6.75. The molecule has 0 amide bonds. The fourth-order valence-electron chi connectivity index (χ4n) is 2.97. The topological polar surface area (TPSA) is 37.4 Å². The Labute approximate surface area is 150 Å². The molecule has 0 aromatic heterocycles. The Morgan fingerprint density at radius 3 is 1.63 bits per heavy atom. The largest absolute Gasteiger partial charge is 0.460 e. The van der Waals surface area contributed by atoms with E-state index in [0.29, 0.717) is 24.0 Å². The molecular formula is C13H20F9N2O2S+. The van der Waals surface area contributed by atoms with Crippen LogP contribution in [0.15, 0.2) is 0 Å². The monoisotopic (exact) mass is 439 g/mol. The molecule has 0 radical (unpaired) electrons. The molecule has 1 saturated heterocycles. The van der Waals surface area contributed by atoms with Crippen molar-refractivity contribution in [3.05, 3.63) is 0 Å². The molecule has 1 aliphatic heterocycles. The van der Waals surface area contributed by atoms with Gasteiger partial charge in [0.15, 0.2) is 0 Å². The Morgan fingerprint density at radius 1 is 0.852 bits per heavy atom. The molecule has 0 aromatic carbocycles. The number of rotatable bonds is 7. The quantitative estimate of drug-likeness (QED) is 0.451. The van der Waals surface area contributed by atoms with E-state index in [2.05, 4.69) is 0 Å². The number of piperazine rings is 1. The van der Waals surface area contributed by atoms with Crippen molar-refractivity contribution in [3.63, 3.8) is 0 Å². The molecule has 0 aromatic rings. The molecule has 27 heavy (non-hydrogen) atoms. The van der Waals surface area contributed by atoms with Gasteiger partial charge in [0.25, 0.3) is 10.0 Å². The van der Waals surface area contributed by atoms with Crippen LogP contribution in [0.5, 0.6) is 0 Å². The average molecular weight is 439 g/mol. The molecule has 0 saturated carbocycles. The summed E-state index contributed by atoms with van der Waals surface area (Å²) >= 11 is 0. The van der Waals surface area contributed by atoms with Crippen molar-refractivity contribution in [3.8, 4) is 0 Å². The summed E-state index contributed by atoms with van der Waals surface area (Å²) in [4.78, 5) is 0. The van der Waals surface area contributed by atoms with E-state index >= 15 is 0 Å². The van der Waals surface area contributed by atoms with Gasteiger partial charge in [-0.2, -0.15) is 43.8 Å². The van der Waals surface area contributed by atoms with Crippen molar-refractivity contribution < 1.29 is 52.4 Å². The molecule has 162 valence electrons. The fourth-order valence-corrected chi connectivity index (χ4v) is 4.39. The second kappa shape index (κ2) is 7.25. The minimum atomic E-state index is -7.24. The van der Waals surface area contributed by atoms with Crippen molar-refractivity contribution in [2.75, 3.05) is 39.3 Å². The van der Waals surface area contributed by atoms with Crippen molar-refractivity contribution in [2.45, 2.75) is 43.5 Å². The standard InChI is InChI=1S/C13H20F9N2O2S/c1-3-7-24(4-2)8-5-23(6-9-24)27(25,26)13(21,22)11(16,17)10(14,15)12(18,19)20/h3-9H2,1-2H3/q+1. The smallest absolute Gasteiger partial charge is 0.322 e. The number of sulfonamides is 1. The van der Waals surface area contributed by atoms with Crippen LogP contribution in [-0.4, -0.2) is 79.8 Å². The van der Waals surface area contributed by atoms with E-state index in [1.165, 1.54) is 0 Å². The highest BCUT2D eigenvalue weighted by Crippen LogP contribution is 2.55. The molecule has 4 nitrogen and oxygen atoms in total. The molecule has 0 unspecified atom stereocenters. The summed E-state index contributed by atoms with van der Waals surface area (Å²) in [5.41, 5.74) is 0. The lowest BCUT2D eigenvalue weighted by Crippen LogP contribution is -2.67. The third-order valence-electron chi connectivity index (χ3n) is 4.80.